The Morgan fingerprint density at radius 3 is 2.71 bits per heavy atom. The van der Waals surface area contributed by atoms with E-state index in [1.165, 1.54) is 17.2 Å². The van der Waals surface area contributed by atoms with Gasteiger partial charge in [0, 0.05) is 5.69 Å². The molecule has 0 aliphatic rings. The zero-order valence-corrected chi connectivity index (χ0v) is 11.5. The minimum atomic E-state index is -0.353. The van der Waals surface area contributed by atoms with Gasteiger partial charge in [-0.25, -0.2) is 0 Å². The van der Waals surface area contributed by atoms with Crippen LogP contribution < -0.4 is 5.32 Å². The molecule has 0 fully saturated rings. The molecule has 0 aliphatic heterocycles. The molecule has 0 unspecified atom stereocenters. The molecule has 1 amide bonds. The molecule has 0 aliphatic carbocycles. The fourth-order valence-corrected chi connectivity index (χ4v) is 1.91. The lowest BCUT2D eigenvalue weighted by atomic mass is 10.1. The monoisotopic (exact) mass is 283 g/mol. The van der Waals surface area contributed by atoms with Crippen LogP contribution in [0.25, 0.3) is 5.95 Å². The molecule has 2 N–H and O–H groups in total. The Morgan fingerprint density at radius 2 is 2.00 bits per heavy atom. The maximum Gasteiger partial charge on any atom is 0.293 e. The summed E-state index contributed by atoms with van der Waals surface area (Å²) >= 11 is 0. The number of nitrogens with one attached hydrogen (secondary N) is 2. The van der Waals surface area contributed by atoms with Crippen LogP contribution in [0, 0.1) is 13.8 Å². The van der Waals surface area contributed by atoms with Crippen molar-refractivity contribution in [1.29, 1.82) is 0 Å². The van der Waals surface area contributed by atoms with Crippen molar-refractivity contribution in [3.8, 4) is 5.95 Å². The first-order chi connectivity index (χ1) is 10.1. The van der Waals surface area contributed by atoms with Gasteiger partial charge in [0.15, 0.2) is 0 Å². The number of carbonyl (C=O) groups is 1. The summed E-state index contributed by atoms with van der Waals surface area (Å²) in [5, 5.41) is 16.7. The fourth-order valence-electron chi connectivity index (χ4n) is 1.91. The average Bonchev–Trinajstić information content (AvgIpc) is 3.10. The molecule has 106 valence electrons. The summed E-state index contributed by atoms with van der Waals surface area (Å²) in [6.07, 6.45) is 2.91. The first kappa shape index (κ1) is 13.0. The van der Waals surface area contributed by atoms with Crippen molar-refractivity contribution in [3.05, 3.63) is 47.8 Å². The number of anilines is 1. The van der Waals surface area contributed by atoms with Gasteiger partial charge >= 0.3 is 0 Å². The van der Waals surface area contributed by atoms with E-state index in [9.17, 15) is 4.79 Å². The average molecular weight is 283 g/mol. The summed E-state index contributed by atoms with van der Waals surface area (Å²) < 4.78 is 1.50. The number of H-pyrrole nitrogens is 1. The summed E-state index contributed by atoms with van der Waals surface area (Å²) in [6.45, 7) is 3.94. The summed E-state index contributed by atoms with van der Waals surface area (Å²) in [6, 6.07) is 5.80. The van der Waals surface area contributed by atoms with E-state index in [4.69, 9.17) is 0 Å². The minimum absolute atomic E-state index is 0.124. The number of aromatic nitrogens is 6. The lowest BCUT2D eigenvalue weighted by Gasteiger charge is -2.07. The highest BCUT2D eigenvalue weighted by atomic mass is 16.2. The molecule has 0 radical (unpaired) electrons. The third-order valence-electron chi connectivity index (χ3n) is 2.97. The van der Waals surface area contributed by atoms with Gasteiger partial charge in [0.1, 0.15) is 12.7 Å². The molecular weight excluding hydrogens is 270 g/mol. The van der Waals surface area contributed by atoms with Crippen LogP contribution in [0.15, 0.2) is 30.9 Å². The quantitative estimate of drug-likeness (QED) is 0.753. The van der Waals surface area contributed by atoms with Gasteiger partial charge in [-0.1, -0.05) is 17.7 Å². The van der Waals surface area contributed by atoms with Crippen molar-refractivity contribution < 1.29 is 4.79 Å². The number of carbonyl (C=O) groups excluding carboxylic acids is 1. The number of aryl methyl sites for hydroxylation is 2. The third kappa shape index (κ3) is 2.64. The zero-order chi connectivity index (χ0) is 14.8. The maximum absolute atomic E-state index is 12.1. The molecule has 0 saturated carbocycles. The van der Waals surface area contributed by atoms with Gasteiger partial charge < -0.3 is 5.32 Å². The van der Waals surface area contributed by atoms with E-state index in [1.54, 1.807) is 0 Å². The van der Waals surface area contributed by atoms with Crippen LogP contribution in [0.2, 0.25) is 0 Å². The minimum Gasteiger partial charge on any atom is -0.319 e. The smallest absolute Gasteiger partial charge is 0.293 e. The number of benzene rings is 1. The summed E-state index contributed by atoms with van der Waals surface area (Å²) in [5.74, 6) is 0.0817. The number of rotatable bonds is 3. The van der Waals surface area contributed by atoms with Crippen LogP contribution in [-0.4, -0.2) is 35.9 Å². The van der Waals surface area contributed by atoms with Gasteiger partial charge in [-0.05, 0) is 25.5 Å². The molecule has 2 aromatic heterocycles. The van der Waals surface area contributed by atoms with Crippen LogP contribution in [0.3, 0.4) is 0 Å². The summed E-state index contributed by atoms with van der Waals surface area (Å²) in [4.78, 5) is 16.2. The highest BCUT2D eigenvalue weighted by Gasteiger charge is 2.14. The van der Waals surface area contributed by atoms with Crippen molar-refractivity contribution in [2.24, 2.45) is 0 Å². The topological polar surface area (TPSA) is 101 Å². The van der Waals surface area contributed by atoms with Gasteiger partial charge in [-0.3, -0.25) is 14.5 Å². The molecule has 0 atom stereocenters. The summed E-state index contributed by atoms with van der Waals surface area (Å²) in [5.41, 5.74) is 2.87. The normalized spacial score (nSPS) is 10.6. The van der Waals surface area contributed by atoms with Crippen molar-refractivity contribution in [3.63, 3.8) is 0 Å². The van der Waals surface area contributed by atoms with Crippen molar-refractivity contribution in [2.75, 3.05) is 5.32 Å². The molecule has 21 heavy (non-hydrogen) atoms. The van der Waals surface area contributed by atoms with E-state index in [1.807, 2.05) is 32.0 Å². The molecule has 8 heteroatoms. The van der Waals surface area contributed by atoms with Gasteiger partial charge in [-0.15, -0.1) is 15.3 Å². The Labute approximate surface area is 120 Å². The number of hydrogen-bond donors (Lipinski definition) is 2. The molecular formula is C13H13N7O. The Hall–Kier alpha value is -3.03. The maximum atomic E-state index is 12.1. The third-order valence-corrected chi connectivity index (χ3v) is 2.97. The molecule has 2 heterocycles. The highest BCUT2D eigenvalue weighted by molar-refractivity contribution is 6.02. The second-order valence-electron chi connectivity index (χ2n) is 4.63. The fraction of sp³-hybridized carbons (Fsp3) is 0.154. The van der Waals surface area contributed by atoms with E-state index < -0.39 is 0 Å². The largest absolute Gasteiger partial charge is 0.319 e. The molecule has 0 bridgehead atoms. The SMILES string of the molecule is Cc1ccc(NC(=O)c2nc(-n3cnnc3)n[nH]2)c(C)c1. The zero-order valence-electron chi connectivity index (χ0n) is 11.5. The predicted molar refractivity (Wildman–Crippen MR) is 75.2 cm³/mol. The van der Waals surface area contributed by atoms with Gasteiger partial charge in [-0.2, -0.15) is 4.98 Å². The first-order valence-electron chi connectivity index (χ1n) is 6.29. The number of nitrogens with zero attached hydrogens (tertiary/aromatic N) is 5. The van der Waals surface area contributed by atoms with Crippen molar-refractivity contribution in [1.82, 2.24) is 29.9 Å². The second-order valence-corrected chi connectivity index (χ2v) is 4.63. The highest BCUT2D eigenvalue weighted by Crippen LogP contribution is 2.16. The Bertz CT molecular complexity index is 776. The van der Waals surface area contributed by atoms with E-state index in [0.717, 1.165) is 16.8 Å². The lowest BCUT2D eigenvalue weighted by Crippen LogP contribution is -2.14. The molecule has 0 spiro atoms. The first-order valence-corrected chi connectivity index (χ1v) is 6.29. The number of aromatic amines is 1. The van der Waals surface area contributed by atoms with E-state index >= 15 is 0 Å². The van der Waals surface area contributed by atoms with Crippen LogP contribution in [0.1, 0.15) is 21.7 Å². The predicted octanol–water partition coefficient (Wildman–Crippen LogP) is 1.25. The second kappa shape index (κ2) is 5.16. The van der Waals surface area contributed by atoms with E-state index in [-0.39, 0.29) is 11.7 Å². The molecule has 3 rings (SSSR count). The number of hydrogen-bond acceptors (Lipinski definition) is 5. The van der Waals surface area contributed by atoms with Crippen LogP contribution in [-0.2, 0) is 0 Å². The number of amides is 1. The lowest BCUT2D eigenvalue weighted by molar-refractivity contribution is 0.101. The van der Waals surface area contributed by atoms with E-state index in [0.29, 0.717) is 5.95 Å². The molecule has 3 aromatic rings. The van der Waals surface area contributed by atoms with Crippen LogP contribution >= 0.6 is 0 Å². The van der Waals surface area contributed by atoms with Crippen molar-refractivity contribution >= 4 is 11.6 Å². The van der Waals surface area contributed by atoms with E-state index in [2.05, 4.69) is 30.7 Å². The van der Waals surface area contributed by atoms with Crippen molar-refractivity contribution in [2.45, 2.75) is 13.8 Å². The Morgan fingerprint density at radius 1 is 1.24 bits per heavy atom. The molecule has 1 aromatic carbocycles. The van der Waals surface area contributed by atoms with Gasteiger partial charge in [0.05, 0.1) is 0 Å². The molecule has 0 saturated heterocycles. The van der Waals surface area contributed by atoms with Gasteiger partial charge in [0.25, 0.3) is 11.9 Å². The van der Waals surface area contributed by atoms with Crippen LogP contribution in [0.5, 0.6) is 0 Å². The molecule has 8 nitrogen and oxygen atoms in total. The van der Waals surface area contributed by atoms with Crippen LogP contribution in [0.4, 0.5) is 5.69 Å². The summed E-state index contributed by atoms with van der Waals surface area (Å²) in [7, 11) is 0. The standard InChI is InChI=1S/C13H13N7O/c1-8-3-4-10(9(2)5-8)16-12(21)11-17-13(19-18-11)20-6-14-15-7-20/h3-7H,1-2H3,(H,16,21)(H,17,18,19). The Balaban J connectivity index is 1.79. The van der Waals surface area contributed by atoms with Gasteiger partial charge in [0.2, 0.25) is 5.82 Å². The Kier molecular flexibility index (Phi) is 3.19.